The van der Waals surface area contributed by atoms with Gasteiger partial charge < -0.3 is 19.3 Å². The highest BCUT2D eigenvalue weighted by atomic mass is 16.5. The highest BCUT2D eigenvalue weighted by Gasteiger charge is 2.15. The zero-order valence-electron chi connectivity index (χ0n) is 14.3. The van der Waals surface area contributed by atoms with Crippen LogP contribution in [0.1, 0.15) is 25.7 Å². The van der Waals surface area contributed by atoms with Gasteiger partial charge in [0.05, 0.1) is 7.11 Å². The molecule has 25 heavy (non-hydrogen) atoms. The van der Waals surface area contributed by atoms with Gasteiger partial charge in [0.15, 0.2) is 0 Å². The van der Waals surface area contributed by atoms with Gasteiger partial charge >= 0.3 is 5.97 Å². The SMILES string of the molecule is CCN(CC(=O)O)C(=O)CCCc1nc(-c2ccc(OC)cc2)no1. The molecule has 0 fully saturated rings. The monoisotopic (exact) mass is 347 g/mol. The number of hydrogen-bond acceptors (Lipinski definition) is 6. The third kappa shape index (κ3) is 5.30. The van der Waals surface area contributed by atoms with Crippen molar-refractivity contribution in [3.05, 3.63) is 30.2 Å². The molecule has 0 radical (unpaired) electrons. The lowest BCUT2D eigenvalue weighted by Crippen LogP contribution is -2.35. The van der Waals surface area contributed by atoms with E-state index in [9.17, 15) is 9.59 Å². The highest BCUT2D eigenvalue weighted by Crippen LogP contribution is 2.20. The Labute approximate surface area is 145 Å². The number of aromatic nitrogens is 2. The van der Waals surface area contributed by atoms with Crippen molar-refractivity contribution in [3.63, 3.8) is 0 Å². The van der Waals surface area contributed by atoms with Crippen molar-refractivity contribution in [2.24, 2.45) is 0 Å². The molecule has 0 aliphatic carbocycles. The second-order valence-corrected chi connectivity index (χ2v) is 5.40. The number of likely N-dealkylation sites (N-methyl/N-ethyl adjacent to an activating group) is 1. The Kier molecular flexibility index (Phi) is 6.50. The third-order valence-corrected chi connectivity index (χ3v) is 3.66. The van der Waals surface area contributed by atoms with Gasteiger partial charge in [0, 0.05) is 24.9 Å². The average Bonchev–Trinajstić information content (AvgIpc) is 3.08. The minimum Gasteiger partial charge on any atom is -0.497 e. The molecule has 2 aromatic rings. The molecule has 0 aliphatic rings. The van der Waals surface area contributed by atoms with Crippen LogP contribution in [0.3, 0.4) is 0 Å². The van der Waals surface area contributed by atoms with Gasteiger partial charge in [0.2, 0.25) is 17.6 Å². The predicted octanol–water partition coefficient (Wildman–Crippen LogP) is 2.00. The summed E-state index contributed by atoms with van der Waals surface area (Å²) in [6, 6.07) is 7.29. The molecule has 0 aliphatic heterocycles. The minimum atomic E-state index is -1.02. The number of benzene rings is 1. The van der Waals surface area contributed by atoms with Crippen LogP contribution in [0.25, 0.3) is 11.4 Å². The molecular formula is C17H21N3O5. The van der Waals surface area contributed by atoms with Gasteiger partial charge in [-0.15, -0.1) is 0 Å². The minimum absolute atomic E-state index is 0.195. The molecule has 0 spiro atoms. The molecule has 0 bridgehead atoms. The Bertz CT molecular complexity index is 711. The maximum Gasteiger partial charge on any atom is 0.323 e. The van der Waals surface area contributed by atoms with E-state index in [0.717, 1.165) is 11.3 Å². The second-order valence-electron chi connectivity index (χ2n) is 5.40. The van der Waals surface area contributed by atoms with Crippen LogP contribution < -0.4 is 4.74 Å². The first kappa shape index (κ1) is 18.4. The summed E-state index contributed by atoms with van der Waals surface area (Å²) in [6.07, 6.45) is 1.21. The average molecular weight is 347 g/mol. The van der Waals surface area contributed by atoms with Crippen LogP contribution in [0.2, 0.25) is 0 Å². The van der Waals surface area contributed by atoms with Gasteiger partial charge in [-0.05, 0) is 37.6 Å². The van der Waals surface area contributed by atoms with Gasteiger partial charge in [-0.25, -0.2) is 0 Å². The molecule has 0 saturated heterocycles. The third-order valence-electron chi connectivity index (χ3n) is 3.66. The maximum absolute atomic E-state index is 12.0. The van der Waals surface area contributed by atoms with Crippen molar-refractivity contribution in [2.45, 2.75) is 26.2 Å². The standard InChI is InChI=1S/C17H21N3O5/c1-3-20(11-16(22)23)15(21)6-4-5-14-18-17(19-25-14)12-7-9-13(24-2)10-8-12/h7-10H,3-6,11H2,1-2H3,(H,22,23). The fraction of sp³-hybridized carbons (Fsp3) is 0.412. The first-order valence-electron chi connectivity index (χ1n) is 8.00. The molecule has 0 saturated carbocycles. The van der Waals surface area contributed by atoms with Gasteiger partial charge in [-0.3, -0.25) is 9.59 Å². The van der Waals surface area contributed by atoms with Crippen molar-refractivity contribution < 1.29 is 24.0 Å². The van der Waals surface area contributed by atoms with Gasteiger partial charge in [-0.1, -0.05) is 5.16 Å². The zero-order valence-corrected chi connectivity index (χ0v) is 14.3. The van der Waals surface area contributed by atoms with Gasteiger partial charge in [-0.2, -0.15) is 4.98 Å². The Balaban J connectivity index is 1.86. The maximum atomic E-state index is 12.0. The van der Waals surface area contributed by atoms with E-state index in [2.05, 4.69) is 10.1 Å². The number of carboxylic acid groups (broad SMARTS) is 1. The number of ether oxygens (including phenoxy) is 1. The fourth-order valence-electron chi connectivity index (χ4n) is 2.30. The first-order chi connectivity index (χ1) is 12.0. The summed E-state index contributed by atoms with van der Waals surface area (Å²) in [5.74, 6) is 0.453. The molecule has 1 N–H and O–H groups in total. The van der Waals surface area contributed by atoms with E-state index < -0.39 is 5.97 Å². The molecular weight excluding hydrogens is 326 g/mol. The molecule has 1 amide bonds. The lowest BCUT2D eigenvalue weighted by molar-refractivity contribution is -0.144. The Hall–Kier alpha value is -2.90. The normalized spacial score (nSPS) is 10.5. The number of carbonyl (C=O) groups is 2. The lowest BCUT2D eigenvalue weighted by atomic mass is 10.2. The molecule has 0 unspecified atom stereocenters. The van der Waals surface area contributed by atoms with Crippen LogP contribution in [-0.2, 0) is 16.0 Å². The van der Waals surface area contributed by atoms with Crippen molar-refractivity contribution in [1.82, 2.24) is 15.0 Å². The highest BCUT2D eigenvalue weighted by molar-refractivity contribution is 5.81. The number of rotatable bonds is 9. The number of hydrogen-bond donors (Lipinski definition) is 1. The van der Waals surface area contributed by atoms with Crippen LogP contribution in [0.15, 0.2) is 28.8 Å². The van der Waals surface area contributed by atoms with Crippen molar-refractivity contribution in [1.29, 1.82) is 0 Å². The van der Waals surface area contributed by atoms with Crippen molar-refractivity contribution >= 4 is 11.9 Å². The summed E-state index contributed by atoms with van der Waals surface area (Å²) in [7, 11) is 1.60. The Morgan fingerprint density at radius 2 is 2.00 bits per heavy atom. The molecule has 134 valence electrons. The van der Waals surface area contributed by atoms with Gasteiger partial charge in [0.1, 0.15) is 12.3 Å². The van der Waals surface area contributed by atoms with Gasteiger partial charge in [0.25, 0.3) is 0 Å². The Morgan fingerprint density at radius 3 is 2.60 bits per heavy atom. The summed E-state index contributed by atoms with van der Waals surface area (Å²) in [4.78, 5) is 28.3. The number of nitrogens with zero attached hydrogens (tertiary/aromatic N) is 3. The number of aliphatic carboxylic acids is 1. The summed E-state index contributed by atoms with van der Waals surface area (Å²) < 4.78 is 10.3. The van der Waals surface area contributed by atoms with E-state index in [1.165, 1.54) is 4.90 Å². The molecule has 0 atom stereocenters. The van der Waals surface area contributed by atoms with E-state index in [1.54, 1.807) is 14.0 Å². The number of carboxylic acids is 1. The summed E-state index contributed by atoms with van der Waals surface area (Å²) in [5.41, 5.74) is 0.811. The molecule has 1 heterocycles. The molecule has 2 rings (SSSR count). The van der Waals surface area contributed by atoms with Crippen LogP contribution >= 0.6 is 0 Å². The zero-order chi connectivity index (χ0) is 18.2. The second kappa shape index (κ2) is 8.81. The Morgan fingerprint density at radius 1 is 1.28 bits per heavy atom. The van der Waals surface area contributed by atoms with Crippen LogP contribution in [0.5, 0.6) is 5.75 Å². The molecule has 1 aromatic carbocycles. The quantitative estimate of drug-likeness (QED) is 0.739. The lowest BCUT2D eigenvalue weighted by Gasteiger charge is -2.18. The summed E-state index contributed by atoms with van der Waals surface area (Å²) in [5, 5.41) is 12.7. The summed E-state index contributed by atoms with van der Waals surface area (Å²) in [6.45, 7) is 1.84. The molecule has 1 aromatic heterocycles. The first-order valence-corrected chi connectivity index (χ1v) is 8.00. The van der Waals surface area contributed by atoms with E-state index in [0.29, 0.717) is 31.1 Å². The number of amides is 1. The van der Waals surface area contributed by atoms with Crippen LogP contribution in [-0.4, -0.2) is 52.2 Å². The van der Waals surface area contributed by atoms with Crippen LogP contribution in [0, 0.1) is 0 Å². The van der Waals surface area contributed by atoms with E-state index in [1.807, 2.05) is 24.3 Å². The van der Waals surface area contributed by atoms with Crippen LogP contribution in [0.4, 0.5) is 0 Å². The fourth-order valence-corrected chi connectivity index (χ4v) is 2.30. The van der Waals surface area contributed by atoms with Crippen molar-refractivity contribution in [3.8, 4) is 17.1 Å². The largest absolute Gasteiger partial charge is 0.497 e. The molecule has 8 heteroatoms. The number of aryl methyl sites for hydroxylation is 1. The smallest absolute Gasteiger partial charge is 0.323 e. The van der Waals surface area contributed by atoms with E-state index >= 15 is 0 Å². The van der Waals surface area contributed by atoms with E-state index in [-0.39, 0.29) is 18.9 Å². The predicted molar refractivity (Wildman–Crippen MR) is 89.1 cm³/mol. The summed E-state index contributed by atoms with van der Waals surface area (Å²) >= 11 is 0. The molecule has 8 nitrogen and oxygen atoms in total. The van der Waals surface area contributed by atoms with E-state index in [4.69, 9.17) is 14.4 Å². The number of carbonyl (C=O) groups excluding carboxylic acids is 1. The topological polar surface area (TPSA) is 106 Å². The van der Waals surface area contributed by atoms with Crippen molar-refractivity contribution in [2.75, 3.05) is 20.2 Å². The number of methoxy groups -OCH3 is 1.